The zero-order valence-corrected chi connectivity index (χ0v) is 19.4. The summed E-state index contributed by atoms with van der Waals surface area (Å²) in [6, 6.07) is 0. The lowest BCUT2D eigenvalue weighted by atomic mass is 10.1. The lowest BCUT2D eigenvalue weighted by Crippen LogP contribution is -2.27. The molecule has 0 aliphatic heterocycles. The Kier molecular flexibility index (Phi) is 16.4. The fourth-order valence-corrected chi connectivity index (χ4v) is 5.06. The van der Waals surface area contributed by atoms with Crippen LogP contribution in [0.5, 0.6) is 0 Å². The molecule has 0 bridgehead atoms. The van der Waals surface area contributed by atoms with E-state index in [-0.39, 0.29) is 13.2 Å². The first-order valence-corrected chi connectivity index (χ1v) is 12.7. The highest BCUT2D eigenvalue weighted by molar-refractivity contribution is 7.55. The van der Waals surface area contributed by atoms with Gasteiger partial charge in [-0.3, -0.25) is 4.57 Å². The summed E-state index contributed by atoms with van der Waals surface area (Å²) in [6.45, 7) is 4.77. The van der Waals surface area contributed by atoms with Crippen molar-refractivity contribution in [3.63, 3.8) is 0 Å². The number of hydrogen-bond donors (Lipinski definition) is 1. The molecule has 8 heteroatoms. The molecule has 0 rings (SSSR count). The van der Waals surface area contributed by atoms with Crippen LogP contribution < -0.4 is 0 Å². The molecular weight excluding hydrogens is 418 g/mol. The SMILES string of the molecule is CCCCCCCCOP(=O)(OCCCCCCCC)C(O)C(Cl)(Cl)Cl. The smallest absolute Gasteiger partial charge is 0.363 e. The van der Waals surface area contributed by atoms with E-state index in [2.05, 4.69) is 13.8 Å². The van der Waals surface area contributed by atoms with Crippen LogP contribution in [0.4, 0.5) is 0 Å². The quantitative estimate of drug-likeness (QED) is 0.140. The Balaban J connectivity index is 4.29. The lowest BCUT2D eigenvalue weighted by Gasteiger charge is -2.27. The van der Waals surface area contributed by atoms with Crippen molar-refractivity contribution in [1.29, 1.82) is 0 Å². The maximum atomic E-state index is 12.9. The van der Waals surface area contributed by atoms with E-state index in [0.29, 0.717) is 0 Å². The molecule has 1 unspecified atom stereocenters. The molecule has 0 aromatic carbocycles. The summed E-state index contributed by atoms with van der Waals surface area (Å²) in [7, 11) is -3.89. The zero-order chi connectivity index (χ0) is 19.9. The van der Waals surface area contributed by atoms with Gasteiger partial charge in [0.15, 0.2) is 0 Å². The molecule has 0 amide bonds. The molecule has 0 aliphatic carbocycles. The highest BCUT2D eigenvalue weighted by Crippen LogP contribution is 2.59. The number of rotatable bonds is 17. The third-order valence-corrected chi connectivity index (χ3v) is 7.28. The van der Waals surface area contributed by atoms with Gasteiger partial charge in [-0.05, 0) is 12.8 Å². The summed E-state index contributed by atoms with van der Waals surface area (Å²) >= 11 is 17.1. The molecule has 0 saturated heterocycles. The van der Waals surface area contributed by atoms with Crippen molar-refractivity contribution in [2.24, 2.45) is 0 Å². The van der Waals surface area contributed by atoms with E-state index in [1.54, 1.807) is 0 Å². The minimum absolute atomic E-state index is 0.220. The van der Waals surface area contributed by atoms with Gasteiger partial charge < -0.3 is 14.2 Å². The average Bonchev–Trinajstić information content (AvgIpc) is 2.58. The van der Waals surface area contributed by atoms with Crippen LogP contribution in [0.3, 0.4) is 0 Å². The molecule has 0 spiro atoms. The molecule has 0 aromatic heterocycles. The summed E-state index contributed by atoms with van der Waals surface area (Å²) < 4.78 is 21.6. The lowest BCUT2D eigenvalue weighted by molar-refractivity contribution is 0.139. The summed E-state index contributed by atoms with van der Waals surface area (Å²) in [5.41, 5.74) is 0. The van der Waals surface area contributed by atoms with Crippen molar-refractivity contribution in [3.05, 3.63) is 0 Å². The Morgan fingerprint density at radius 2 is 1.12 bits per heavy atom. The van der Waals surface area contributed by atoms with Crippen molar-refractivity contribution in [2.45, 2.75) is 101 Å². The predicted octanol–water partition coefficient (Wildman–Crippen LogP) is 7.62. The van der Waals surface area contributed by atoms with Gasteiger partial charge in [-0.1, -0.05) is 113 Å². The van der Waals surface area contributed by atoms with E-state index in [1.165, 1.54) is 38.5 Å². The first-order valence-electron chi connectivity index (χ1n) is 9.91. The largest absolute Gasteiger partial charge is 0.377 e. The molecule has 26 heavy (non-hydrogen) atoms. The van der Waals surface area contributed by atoms with Gasteiger partial charge in [0, 0.05) is 0 Å². The van der Waals surface area contributed by atoms with Gasteiger partial charge in [0.1, 0.15) is 0 Å². The summed E-state index contributed by atoms with van der Waals surface area (Å²) in [6.07, 6.45) is 12.8. The second-order valence-electron chi connectivity index (χ2n) is 6.66. The van der Waals surface area contributed by atoms with E-state index < -0.39 is 17.2 Å². The highest BCUT2D eigenvalue weighted by atomic mass is 35.6. The van der Waals surface area contributed by atoms with Crippen LogP contribution in [0.25, 0.3) is 0 Å². The summed E-state index contributed by atoms with van der Waals surface area (Å²) in [5, 5.41) is 10.1. The van der Waals surface area contributed by atoms with Crippen molar-refractivity contribution in [1.82, 2.24) is 0 Å². The number of hydrogen-bond acceptors (Lipinski definition) is 4. The van der Waals surface area contributed by atoms with Crippen LogP contribution in [0.2, 0.25) is 0 Å². The molecule has 0 saturated carbocycles. The Morgan fingerprint density at radius 1 is 0.769 bits per heavy atom. The number of unbranched alkanes of at least 4 members (excludes halogenated alkanes) is 10. The van der Waals surface area contributed by atoms with E-state index in [0.717, 1.165) is 38.5 Å². The van der Waals surface area contributed by atoms with Gasteiger partial charge in [-0.15, -0.1) is 0 Å². The van der Waals surface area contributed by atoms with Crippen LogP contribution in [-0.2, 0) is 13.6 Å². The monoisotopic (exact) mass is 452 g/mol. The molecule has 1 atom stereocenters. The van der Waals surface area contributed by atoms with E-state index >= 15 is 0 Å². The Hall–Kier alpha value is 0.980. The van der Waals surface area contributed by atoms with Gasteiger partial charge in [0.2, 0.25) is 9.64 Å². The number of halogens is 3. The molecule has 0 aliphatic rings. The predicted molar refractivity (Wildman–Crippen MR) is 113 cm³/mol. The third kappa shape index (κ3) is 13.2. The van der Waals surface area contributed by atoms with E-state index in [4.69, 9.17) is 43.9 Å². The van der Waals surface area contributed by atoms with E-state index in [9.17, 15) is 9.67 Å². The average molecular weight is 454 g/mol. The molecule has 0 fully saturated rings. The topological polar surface area (TPSA) is 55.8 Å². The molecule has 0 radical (unpaired) electrons. The molecule has 0 aromatic rings. The standard InChI is InChI=1S/C18H36Cl3O4P/c1-3-5-7-9-11-13-15-24-26(23,17(22)18(19,20)21)25-16-14-12-10-8-6-4-2/h17,22H,3-16H2,1-2H3. The fraction of sp³-hybridized carbons (Fsp3) is 1.00. The molecular formula is C18H36Cl3O4P. The fourth-order valence-electron chi connectivity index (χ4n) is 2.51. The van der Waals surface area contributed by atoms with Crippen molar-refractivity contribution < 1.29 is 18.7 Å². The maximum Gasteiger partial charge on any atom is 0.363 e. The first kappa shape index (κ1) is 27.0. The molecule has 0 heterocycles. The maximum absolute atomic E-state index is 12.9. The van der Waals surface area contributed by atoms with E-state index in [1.807, 2.05) is 0 Å². The van der Waals surface area contributed by atoms with Crippen LogP contribution in [0.1, 0.15) is 90.9 Å². The van der Waals surface area contributed by atoms with Crippen molar-refractivity contribution in [2.75, 3.05) is 13.2 Å². The first-order chi connectivity index (χ1) is 12.3. The minimum atomic E-state index is -3.89. The summed E-state index contributed by atoms with van der Waals surface area (Å²) in [4.78, 5) is 0. The zero-order valence-electron chi connectivity index (χ0n) is 16.2. The van der Waals surface area contributed by atoms with Gasteiger partial charge >= 0.3 is 7.60 Å². The highest BCUT2D eigenvalue weighted by Gasteiger charge is 2.47. The molecule has 1 N–H and O–H groups in total. The van der Waals surface area contributed by atoms with Crippen LogP contribution >= 0.6 is 42.4 Å². The number of alkyl halides is 3. The summed E-state index contributed by atoms with van der Waals surface area (Å²) in [5.74, 6) is -1.79. The van der Waals surface area contributed by atoms with Crippen LogP contribution in [0.15, 0.2) is 0 Å². The Labute approximate surface area is 174 Å². The van der Waals surface area contributed by atoms with Crippen molar-refractivity contribution >= 4 is 42.4 Å². The van der Waals surface area contributed by atoms with Crippen molar-refractivity contribution in [3.8, 4) is 0 Å². The second kappa shape index (κ2) is 15.9. The van der Waals surface area contributed by atoms with Crippen LogP contribution in [-0.4, -0.2) is 28.0 Å². The normalized spacial score (nSPS) is 13.9. The van der Waals surface area contributed by atoms with Gasteiger partial charge in [0.25, 0.3) is 0 Å². The van der Waals surface area contributed by atoms with Gasteiger partial charge in [0.05, 0.1) is 13.2 Å². The Morgan fingerprint density at radius 3 is 1.46 bits per heavy atom. The van der Waals surface area contributed by atoms with Crippen LogP contribution in [0, 0.1) is 0 Å². The number of aliphatic hydroxyl groups excluding tert-OH is 1. The molecule has 4 nitrogen and oxygen atoms in total. The molecule has 158 valence electrons. The third-order valence-electron chi connectivity index (χ3n) is 4.13. The second-order valence-corrected chi connectivity index (χ2v) is 11.1. The van der Waals surface area contributed by atoms with Gasteiger partial charge in [-0.2, -0.15) is 0 Å². The van der Waals surface area contributed by atoms with Gasteiger partial charge in [-0.25, -0.2) is 0 Å². The number of aliphatic hydroxyl groups is 1. The Bertz CT molecular complexity index is 356. The minimum Gasteiger partial charge on any atom is -0.377 e.